The molecule has 0 saturated carbocycles. The first kappa shape index (κ1) is 16.5. The highest BCUT2D eigenvalue weighted by Crippen LogP contribution is 2.31. The number of carbonyl (C=O) groups excluding carboxylic acids is 1. The molecule has 128 valence electrons. The molecule has 2 aliphatic heterocycles. The largest absolute Gasteiger partial charge is 0.489 e. The van der Waals surface area contributed by atoms with Gasteiger partial charge in [-0.1, -0.05) is 19.1 Å². The fourth-order valence-corrected chi connectivity index (χ4v) is 2.83. The average molecular weight is 329 g/mol. The van der Waals surface area contributed by atoms with Crippen molar-refractivity contribution in [2.75, 3.05) is 25.2 Å². The SMILES string of the molecule is CCC(C)(O)C1=NCN([C@H]2COc3ccccc3N(C)C2=O)C=C1. The summed E-state index contributed by atoms with van der Waals surface area (Å²) in [5, 5.41) is 10.3. The van der Waals surface area contributed by atoms with Gasteiger partial charge in [0.25, 0.3) is 5.91 Å². The fraction of sp³-hybridized carbons (Fsp3) is 0.444. The summed E-state index contributed by atoms with van der Waals surface area (Å²) in [6.45, 7) is 4.25. The third kappa shape index (κ3) is 2.89. The molecule has 1 N–H and O–H groups in total. The van der Waals surface area contributed by atoms with E-state index in [1.807, 2.05) is 42.3 Å². The number of hydrogen-bond donors (Lipinski definition) is 1. The van der Waals surface area contributed by atoms with Gasteiger partial charge >= 0.3 is 0 Å². The number of anilines is 1. The van der Waals surface area contributed by atoms with Gasteiger partial charge < -0.3 is 19.6 Å². The minimum Gasteiger partial charge on any atom is -0.489 e. The van der Waals surface area contributed by atoms with Gasteiger partial charge in [0.05, 0.1) is 11.4 Å². The quantitative estimate of drug-likeness (QED) is 0.918. The number of hydrogen-bond acceptors (Lipinski definition) is 5. The number of ether oxygens (including phenoxy) is 1. The predicted octanol–water partition coefficient (Wildman–Crippen LogP) is 1.80. The van der Waals surface area contributed by atoms with Crippen LogP contribution in [-0.4, -0.2) is 53.6 Å². The second-order valence-electron chi connectivity index (χ2n) is 6.33. The van der Waals surface area contributed by atoms with E-state index in [-0.39, 0.29) is 12.5 Å². The Bertz CT molecular complexity index is 697. The molecule has 24 heavy (non-hydrogen) atoms. The van der Waals surface area contributed by atoms with E-state index in [1.165, 1.54) is 0 Å². The number of nitrogens with zero attached hydrogens (tertiary/aromatic N) is 3. The van der Waals surface area contributed by atoms with Crippen LogP contribution in [0.1, 0.15) is 20.3 Å². The summed E-state index contributed by atoms with van der Waals surface area (Å²) in [5.74, 6) is 0.667. The maximum Gasteiger partial charge on any atom is 0.253 e. The number of fused-ring (bicyclic) bond motifs is 1. The van der Waals surface area contributed by atoms with Crippen LogP contribution < -0.4 is 9.64 Å². The van der Waals surface area contributed by atoms with Crippen molar-refractivity contribution in [2.24, 2.45) is 4.99 Å². The van der Waals surface area contributed by atoms with E-state index >= 15 is 0 Å². The summed E-state index contributed by atoms with van der Waals surface area (Å²) in [7, 11) is 1.76. The Balaban J connectivity index is 1.78. The van der Waals surface area contributed by atoms with E-state index in [1.54, 1.807) is 24.9 Å². The molecule has 2 heterocycles. The third-order valence-corrected chi connectivity index (χ3v) is 4.71. The van der Waals surface area contributed by atoms with Gasteiger partial charge in [-0.3, -0.25) is 9.79 Å². The second kappa shape index (κ2) is 6.28. The van der Waals surface area contributed by atoms with Gasteiger partial charge in [0, 0.05) is 13.2 Å². The Morgan fingerprint density at radius 3 is 2.83 bits per heavy atom. The van der Waals surface area contributed by atoms with Crippen LogP contribution in [0.15, 0.2) is 41.5 Å². The smallest absolute Gasteiger partial charge is 0.253 e. The molecule has 2 aliphatic rings. The summed E-state index contributed by atoms with van der Waals surface area (Å²) in [5.41, 5.74) is 0.462. The van der Waals surface area contributed by atoms with E-state index in [2.05, 4.69) is 4.99 Å². The molecule has 2 atom stereocenters. The van der Waals surface area contributed by atoms with Gasteiger partial charge in [-0.25, -0.2) is 0 Å². The normalized spacial score (nSPS) is 23.1. The third-order valence-electron chi connectivity index (χ3n) is 4.71. The van der Waals surface area contributed by atoms with Crippen LogP contribution in [0.3, 0.4) is 0 Å². The zero-order chi connectivity index (χ0) is 17.3. The Hall–Kier alpha value is -2.34. The number of rotatable bonds is 3. The minimum absolute atomic E-state index is 0.0366. The van der Waals surface area contributed by atoms with Crippen LogP contribution in [0.5, 0.6) is 5.75 Å². The van der Waals surface area contributed by atoms with E-state index in [4.69, 9.17) is 4.74 Å². The number of benzene rings is 1. The average Bonchev–Trinajstić information content (AvgIpc) is 2.73. The van der Waals surface area contributed by atoms with Gasteiger partial charge in [-0.05, 0) is 31.6 Å². The summed E-state index contributed by atoms with van der Waals surface area (Å²) < 4.78 is 5.83. The molecule has 1 aromatic carbocycles. The van der Waals surface area contributed by atoms with Crippen LogP contribution >= 0.6 is 0 Å². The monoisotopic (exact) mass is 329 g/mol. The van der Waals surface area contributed by atoms with Crippen molar-refractivity contribution in [1.29, 1.82) is 0 Å². The standard InChI is InChI=1S/C18H23N3O3/c1-4-18(2,23)16-9-10-21(12-19-16)14-11-24-15-8-6-5-7-13(15)20(3)17(14)22/h5-10,14,23H,4,11-12H2,1-3H3/t14-,18?/m0/s1. The molecule has 1 unspecified atom stereocenters. The number of carbonyl (C=O) groups is 1. The number of para-hydroxylation sites is 2. The van der Waals surface area contributed by atoms with Crippen LogP contribution in [0.25, 0.3) is 0 Å². The Morgan fingerprint density at radius 1 is 1.42 bits per heavy atom. The first-order chi connectivity index (χ1) is 11.4. The maximum absolute atomic E-state index is 12.8. The number of amides is 1. The predicted molar refractivity (Wildman–Crippen MR) is 93.3 cm³/mol. The van der Waals surface area contributed by atoms with Gasteiger partial charge in [0.2, 0.25) is 0 Å². The number of aliphatic imine (C=N–C) groups is 1. The lowest BCUT2D eigenvalue weighted by Crippen LogP contribution is -2.49. The molecule has 6 nitrogen and oxygen atoms in total. The topological polar surface area (TPSA) is 65.4 Å². The van der Waals surface area contributed by atoms with Crippen molar-refractivity contribution in [1.82, 2.24) is 4.90 Å². The summed E-state index contributed by atoms with van der Waals surface area (Å²) in [4.78, 5) is 20.7. The molecule has 6 heteroatoms. The fourth-order valence-electron chi connectivity index (χ4n) is 2.83. The summed E-state index contributed by atoms with van der Waals surface area (Å²) in [6, 6.07) is 7.06. The second-order valence-corrected chi connectivity index (χ2v) is 6.33. The lowest BCUT2D eigenvalue weighted by Gasteiger charge is -2.32. The molecule has 0 aliphatic carbocycles. The molecule has 0 spiro atoms. The lowest BCUT2D eigenvalue weighted by atomic mass is 9.96. The highest BCUT2D eigenvalue weighted by Gasteiger charge is 2.34. The Labute approximate surface area is 142 Å². The Kier molecular flexibility index (Phi) is 4.32. The molecular weight excluding hydrogens is 306 g/mol. The summed E-state index contributed by atoms with van der Waals surface area (Å²) >= 11 is 0. The highest BCUT2D eigenvalue weighted by molar-refractivity contribution is 6.02. The van der Waals surface area contributed by atoms with E-state index in [0.717, 1.165) is 5.69 Å². The van der Waals surface area contributed by atoms with Crippen LogP contribution in [0, 0.1) is 0 Å². The summed E-state index contributed by atoms with van der Waals surface area (Å²) in [6.07, 6.45) is 4.18. The number of aliphatic hydroxyl groups is 1. The van der Waals surface area contributed by atoms with Gasteiger partial charge in [0.1, 0.15) is 30.7 Å². The zero-order valence-corrected chi connectivity index (χ0v) is 14.3. The van der Waals surface area contributed by atoms with Crippen molar-refractivity contribution in [2.45, 2.75) is 31.9 Å². The molecule has 0 fully saturated rings. The van der Waals surface area contributed by atoms with Crippen LogP contribution in [-0.2, 0) is 4.79 Å². The van der Waals surface area contributed by atoms with E-state index < -0.39 is 11.6 Å². The van der Waals surface area contributed by atoms with Gasteiger partial charge in [-0.15, -0.1) is 0 Å². The molecular formula is C18H23N3O3. The molecule has 0 radical (unpaired) electrons. The van der Waals surface area contributed by atoms with Gasteiger partial charge in [0.15, 0.2) is 0 Å². The Morgan fingerprint density at radius 2 is 2.17 bits per heavy atom. The molecule has 1 aromatic rings. The van der Waals surface area contributed by atoms with Crippen molar-refractivity contribution < 1.29 is 14.6 Å². The maximum atomic E-state index is 12.8. The van der Waals surface area contributed by atoms with Crippen LogP contribution in [0.2, 0.25) is 0 Å². The highest BCUT2D eigenvalue weighted by atomic mass is 16.5. The molecule has 0 bridgehead atoms. The first-order valence-electron chi connectivity index (χ1n) is 8.14. The van der Waals surface area contributed by atoms with E-state index in [9.17, 15) is 9.90 Å². The van der Waals surface area contributed by atoms with E-state index in [0.29, 0.717) is 24.6 Å². The first-order valence-corrected chi connectivity index (χ1v) is 8.14. The molecule has 0 aromatic heterocycles. The van der Waals surface area contributed by atoms with Crippen LogP contribution in [0.4, 0.5) is 5.69 Å². The van der Waals surface area contributed by atoms with Crippen molar-refractivity contribution in [3.63, 3.8) is 0 Å². The molecule has 3 rings (SSSR count). The number of likely N-dealkylation sites (N-methyl/N-ethyl adjacent to an activating group) is 1. The van der Waals surface area contributed by atoms with Gasteiger partial charge in [-0.2, -0.15) is 0 Å². The molecule has 0 saturated heterocycles. The van der Waals surface area contributed by atoms with Crippen molar-refractivity contribution in [3.05, 3.63) is 36.5 Å². The lowest BCUT2D eigenvalue weighted by molar-refractivity contribution is -0.123. The molecule has 1 amide bonds. The minimum atomic E-state index is -0.945. The van der Waals surface area contributed by atoms with Crippen molar-refractivity contribution >= 4 is 17.3 Å². The van der Waals surface area contributed by atoms with Crippen molar-refractivity contribution in [3.8, 4) is 5.75 Å². The zero-order valence-electron chi connectivity index (χ0n) is 14.3.